The summed E-state index contributed by atoms with van der Waals surface area (Å²) in [6, 6.07) is 11.6. The molecule has 0 saturated heterocycles. The van der Waals surface area contributed by atoms with Crippen LogP contribution >= 0.6 is 0 Å². The van der Waals surface area contributed by atoms with Crippen molar-refractivity contribution in [2.24, 2.45) is 0 Å². The van der Waals surface area contributed by atoms with Gasteiger partial charge in [-0.05, 0) is 18.6 Å². The molecule has 1 aromatic carbocycles. The maximum Gasteiger partial charge on any atom is 0.144 e. The third-order valence-corrected chi connectivity index (χ3v) is 2.47. The normalized spacial score (nSPS) is 10.1. The van der Waals surface area contributed by atoms with Crippen molar-refractivity contribution in [1.82, 2.24) is 4.98 Å². The van der Waals surface area contributed by atoms with Gasteiger partial charge < -0.3 is 10.4 Å². The van der Waals surface area contributed by atoms with Crippen molar-refractivity contribution in [1.29, 1.82) is 5.26 Å². The molecule has 0 spiro atoms. The average molecular weight is 227 g/mol. The second kappa shape index (κ2) is 5.28. The Balaban J connectivity index is 2.36. The topological polar surface area (TPSA) is 68.9 Å². The SMILES string of the molecule is N#Cc1cc2ccccc2nc1NCCCO. The Morgan fingerprint density at radius 3 is 2.94 bits per heavy atom. The van der Waals surface area contributed by atoms with Gasteiger partial charge in [-0.25, -0.2) is 4.98 Å². The molecule has 0 aliphatic rings. The van der Waals surface area contributed by atoms with E-state index in [2.05, 4.69) is 16.4 Å². The number of aromatic nitrogens is 1. The third kappa shape index (κ3) is 2.52. The molecule has 0 bridgehead atoms. The number of hydrogen-bond donors (Lipinski definition) is 2. The molecule has 0 radical (unpaired) electrons. The summed E-state index contributed by atoms with van der Waals surface area (Å²) in [5, 5.41) is 21.8. The molecule has 0 atom stereocenters. The molecule has 2 N–H and O–H groups in total. The maximum atomic E-state index is 9.06. The van der Waals surface area contributed by atoms with Gasteiger partial charge in [0, 0.05) is 18.5 Å². The van der Waals surface area contributed by atoms with Crippen LogP contribution < -0.4 is 5.32 Å². The second-order valence-corrected chi connectivity index (χ2v) is 3.69. The monoisotopic (exact) mass is 227 g/mol. The van der Waals surface area contributed by atoms with Crippen LogP contribution in [-0.4, -0.2) is 23.2 Å². The van der Waals surface area contributed by atoms with Gasteiger partial charge in [0.15, 0.2) is 0 Å². The number of rotatable bonds is 4. The lowest BCUT2D eigenvalue weighted by Crippen LogP contribution is -2.06. The van der Waals surface area contributed by atoms with Crippen molar-refractivity contribution in [3.63, 3.8) is 0 Å². The molecular formula is C13H13N3O. The molecule has 2 rings (SSSR count). The fraction of sp³-hybridized carbons (Fsp3) is 0.231. The summed E-state index contributed by atoms with van der Waals surface area (Å²) in [5.41, 5.74) is 1.39. The van der Waals surface area contributed by atoms with E-state index < -0.39 is 0 Å². The van der Waals surface area contributed by atoms with Crippen molar-refractivity contribution in [2.75, 3.05) is 18.5 Å². The van der Waals surface area contributed by atoms with Crippen LogP contribution in [0.4, 0.5) is 5.82 Å². The van der Waals surface area contributed by atoms with Crippen molar-refractivity contribution < 1.29 is 5.11 Å². The number of fused-ring (bicyclic) bond motifs is 1. The number of nitrogens with zero attached hydrogens (tertiary/aromatic N) is 2. The van der Waals surface area contributed by atoms with Gasteiger partial charge in [0.05, 0.1) is 11.1 Å². The molecular weight excluding hydrogens is 214 g/mol. The molecule has 0 aliphatic heterocycles. The standard InChI is InChI=1S/C13H13N3O/c14-9-11-8-10-4-1-2-5-12(10)16-13(11)15-6-3-7-17/h1-2,4-5,8,17H,3,6-7H2,(H,15,16). The third-order valence-electron chi connectivity index (χ3n) is 2.47. The van der Waals surface area contributed by atoms with E-state index in [1.807, 2.05) is 30.3 Å². The van der Waals surface area contributed by atoms with Crippen molar-refractivity contribution in [3.8, 4) is 6.07 Å². The van der Waals surface area contributed by atoms with E-state index in [1.54, 1.807) is 0 Å². The van der Waals surface area contributed by atoms with Crippen LogP contribution in [-0.2, 0) is 0 Å². The number of anilines is 1. The van der Waals surface area contributed by atoms with E-state index >= 15 is 0 Å². The number of para-hydroxylation sites is 1. The fourth-order valence-corrected chi connectivity index (χ4v) is 1.62. The largest absolute Gasteiger partial charge is 0.396 e. The van der Waals surface area contributed by atoms with Gasteiger partial charge in [-0.1, -0.05) is 18.2 Å². The summed E-state index contributed by atoms with van der Waals surface area (Å²) >= 11 is 0. The number of pyridine rings is 1. The summed E-state index contributed by atoms with van der Waals surface area (Å²) in [5.74, 6) is 0.583. The first kappa shape index (κ1) is 11.4. The first-order valence-corrected chi connectivity index (χ1v) is 5.50. The van der Waals surface area contributed by atoms with Crippen molar-refractivity contribution in [2.45, 2.75) is 6.42 Å². The van der Waals surface area contributed by atoms with Gasteiger partial charge in [0.2, 0.25) is 0 Å². The van der Waals surface area contributed by atoms with Gasteiger partial charge >= 0.3 is 0 Å². The summed E-state index contributed by atoms with van der Waals surface area (Å²) < 4.78 is 0. The summed E-state index contributed by atoms with van der Waals surface area (Å²) in [6.07, 6.45) is 0.638. The number of hydrogen-bond acceptors (Lipinski definition) is 4. The molecule has 4 heteroatoms. The van der Waals surface area contributed by atoms with Gasteiger partial charge in [0.1, 0.15) is 11.9 Å². The van der Waals surface area contributed by atoms with E-state index in [0.29, 0.717) is 24.3 Å². The van der Waals surface area contributed by atoms with Crippen LogP contribution in [0.5, 0.6) is 0 Å². The smallest absolute Gasteiger partial charge is 0.144 e. The van der Waals surface area contributed by atoms with Gasteiger partial charge in [-0.2, -0.15) is 5.26 Å². The van der Waals surface area contributed by atoms with Crippen LogP contribution in [0.15, 0.2) is 30.3 Å². The molecule has 1 aromatic heterocycles. The molecule has 4 nitrogen and oxygen atoms in total. The zero-order valence-corrected chi connectivity index (χ0v) is 9.35. The quantitative estimate of drug-likeness (QED) is 0.783. The lowest BCUT2D eigenvalue weighted by molar-refractivity contribution is 0.292. The molecule has 0 saturated carbocycles. The second-order valence-electron chi connectivity index (χ2n) is 3.69. The highest BCUT2D eigenvalue weighted by Crippen LogP contribution is 2.19. The molecule has 0 aliphatic carbocycles. The minimum Gasteiger partial charge on any atom is -0.396 e. The molecule has 0 fully saturated rings. The number of benzene rings is 1. The van der Waals surface area contributed by atoms with Crippen LogP contribution in [0, 0.1) is 11.3 Å². The lowest BCUT2D eigenvalue weighted by atomic mass is 10.1. The first-order chi connectivity index (χ1) is 8.35. The maximum absolute atomic E-state index is 9.06. The predicted molar refractivity (Wildman–Crippen MR) is 66.7 cm³/mol. The minimum absolute atomic E-state index is 0.127. The van der Waals surface area contributed by atoms with E-state index in [9.17, 15) is 0 Å². The molecule has 86 valence electrons. The minimum atomic E-state index is 0.127. The number of nitriles is 1. The Morgan fingerprint density at radius 2 is 2.18 bits per heavy atom. The first-order valence-electron chi connectivity index (χ1n) is 5.50. The Morgan fingerprint density at radius 1 is 1.35 bits per heavy atom. The molecule has 0 unspecified atom stereocenters. The fourth-order valence-electron chi connectivity index (χ4n) is 1.62. The average Bonchev–Trinajstić information content (AvgIpc) is 2.38. The highest BCUT2D eigenvalue weighted by molar-refractivity contribution is 5.82. The van der Waals surface area contributed by atoms with Crippen LogP contribution in [0.3, 0.4) is 0 Å². The van der Waals surface area contributed by atoms with E-state index in [0.717, 1.165) is 10.9 Å². The van der Waals surface area contributed by atoms with Gasteiger partial charge in [0.25, 0.3) is 0 Å². The van der Waals surface area contributed by atoms with Gasteiger partial charge in [-0.3, -0.25) is 0 Å². The molecule has 17 heavy (non-hydrogen) atoms. The Hall–Kier alpha value is -2.12. The number of aliphatic hydroxyl groups is 1. The number of nitrogens with one attached hydrogen (secondary N) is 1. The van der Waals surface area contributed by atoms with Crippen molar-refractivity contribution >= 4 is 16.7 Å². The lowest BCUT2D eigenvalue weighted by Gasteiger charge is -2.07. The van der Waals surface area contributed by atoms with E-state index in [1.165, 1.54) is 0 Å². The molecule has 1 heterocycles. The molecule has 0 amide bonds. The summed E-state index contributed by atoms with van der Waals surface area (Å²) in [7, 11) is 0. The highest BCUT2D eigenvalue weighted by Gasteiger charge is 2.05. The van der Waals surface area contributed by atoms with Crippen LogP contribution in [0.1, 0.15) is 12.0 Å². The Labute approximate surface area is 99.5 Å². The summed E-state index contributed by atoms with van der Waals surface area (Å²) in [4.78, 5) is 4.40. The Kier molecular flexibility index (Phi) is 3.53. The van der Waals surface area contributed by atoms with Crippen LogP contribution in [0.2, 0.25) is 0 Å². The van der Waals surface area contributed by atoms with E-state index in [-0.39, 0.29) is 6.61 Å². The number of aliphatic hydroxyl groups excluding tert-OH is 1. The zero-order chi connectivity index (χ0) is 12.1. The Bertz CT molecular complexity index is 560. The van der Waals surface area contributed by atoms with Crippen molar-refractivity contribution in [3.05, 3.63) is 35.9 Å². The molecule has 2 aromatic rings. The van der Waals surface area contributed by atoms with E-state index in [4.69, 9.17) is 10.4 Å². The summed E-state index contributed by atoms with van der Waals surface area (Å²) in [6.45, 7) is 0.735. The zero-order valence-electron chi connectivity index (χ0n) is 9.35. The highest BCUT2D eigenvalue weighted by atomic mass is 16.3. The van der Waals surface area contributed by atoms with Gasteiger partial charge in [-0.15, -0.1) is 0 Å². The predicted octanol–water partition coefficient (Wildman–Crippen LogP) is 1.90. The van der Waals surface area contributed by atoms with Crippen LogP contribution in [0.25, 0.3) is 10.9 Å².